The van der Waals surface area contributed by atoms with E-state index in [2.05, 4.69) is 5.32 Å². The van der Waals surface area contributed by atoms with Crippen molar-refractivity contribution >= 4 is 23.1 Å². The number of nitrogens with zero attached hydrogens (tertiary/aromatic N) is 1. The largest absolute Gasteiger partial charge is 0.496 e. The number of ether oxygens (including phenoxy) is 1. The fraction of sp³-hybridized carbons (Fsp3) is 0.320. The Morgan fingerprint density at radius 1 is 1.07 bits per heavy atom. The maximum absolute atomic E-state index is 13.5. The second-order valence-corrected chi connectivity index (χ2v) is 7.89. The molecule has 1 aliphatic carbocycles. The summed E-state index contributed by atoms with van der Waals surface area (Å²) in [5, 5.41) is 3.06. The zero-order valence-corrected chi connectivity index (χ0v) is 17.6. The van der Waals surface area contributed by atoms with E-state index >= 15 is 0 Å². The molecule has 2 atom stereocenters. The Morgan fingerprint density at radius 2 is 1.80 bits per heavy atom. The first-order chi connectivity index (χ1) is 14.5. The summed E-state index contributed by atoms with van der Waals surface area (Å²) >= 11 is 0. The monoisotopic (exact) mass is 402 g/mol. The van der Waals surface area contributed by atoms with E-state index in [1.165, 1.54) is 0 Å². The van der Waals surface area contributed by atoms with E-state index in [1.54, 1.807) is 7.11 Å². The van der Waals surface area contributed by atoms with Gasteiger partial charge in [0.25, 0.3) is 0 Å². The summed E-state index contributed by atoms with van der Waals surface area (Å²) < 4.78 is 5.61. The van der Waals surface area contributed by atoms with E-state index in [4.69, 9.17) is 9.73 Å². The molecule has 2 aromatic carbocycles. The van der Waals surface area contributed by atoms with Gasteiger partial charge < -0.3 is 10.1 Å². The maximum atomic E-state index is 13.5. The lowest BCUT2D eigenvalue weighted by molar-refractivity contribution is -0.119. The van der Waals surface area contributed by atoms with Crippen LogP contribution in [-0.4, -0.2) is 24.5 Å². The van der Waals surface area contributed by atoms with E-state index in [0.29, 0.717) is 17.7 Å². The number of carbonyl (C=O) groups is 2. The predicted molar refractivity (Wildman–Crippen MR) is 118 cm³/mol. The van der Waals surface area contributed by atoms with Crippen LogP contribution in [0, 0.1) is 12.8 Å². The third-order valence-electron chi connectivity index (χ3n) is 5.99. The number of hydrogen-bond donors (Lipinski definition) is 1. The first-order valence-corrected chi connectivity index (χ1v) is 10.3. The number of carbonyl (C=O) groups excluding carboxylic acids is 2. The molecule has 0 spiro atoms. The van der Waals surface area contributed by atoms with Crippen molar-refractivity contribution < 1.29 is 14.3 Å². The summed E-state index contributed by atoms with van der Waals surface area (Å²) in [6.07, 6.45) is 2.05. The van der Waals surface area contributed by atoms with Crippen LogP contribution < -0.4 is 10.1 Å². The number of ketones is 1. The Labute approximate surface area is 176 Å². The fourth-order valence-corrected chi connectivity index (χ4v) is 4.53. The number of aryl methyl sites for hydroxylation is 1. The first kappa shape index (κ1) is 20.1. The van der Waals surface area contributed by atoms with Gasteiger partial charge in [0.15, 0.2) is 5.78 Å². The zero-order valence-electron chi connectivity index (χ0n) is 17.6. The van der Waals surface area contributed by atoms with Gasteiger partial charge in [0.1, 0.15) is 5.75 Å². The number of amides is 1. The topological polar surface area (TPSA) is 67.8 Å². The molecule has 1 amide bonds. The fourth-order valence-electron chi connectivity index (χ4n) is 4.53. The van der Waals surface area contributed by atoms with Crippen LogP contribution in [0.25, 0.3) is 0 Å². The molecule has 1 aliphatic heterocycles. The first-order valence-electron chi connectivity index (χ1n) is 10.3. The quantitative estimate of drug-likeness (QED) is 0.797. The molecule has 1 unspecified atom stereocenters. The van der Waals surface area contributed by atoms with Crippen molar-refractivity contribution in [2.75, 3.05) is 12.4 Å². The molecule has 0 aromatic heterocycles. The molecular formula is C25H26N2O3. The van der Waals surface area contributed by atoms with E-state index < -0.39 is 11.8 Å². The van der Waals surface area contributed by atoms with Gasteiger partial charge in [-0.15, -0.1) is 0 Å². The van der Waals surface area contributed by atoms with Crippen molar-refractivity contribution in [2.45, 2.75) is 39.0 Å². The molecule has 5 heteroatoms. The molecule has 1 heterocycles. The van der Waals surface area contributed by atoms with Crippen LogP contribution in [0.15, 0.2) is 64.8 Å². The molecule has 4 rings (SSSR count). The Bertz CT molecular complexity index is 1070. The van der Waals surface area contributed by atoms with Gasteiger partial charge in [-0.1, -0.05) is 36.4 Å². The highest BCUT2D eigenvalue weighted by atomic mass is 16.5. The van der Waals surface area contributed by atoms with E-state index in [1.807, 2.05) is 62.4 Å². The van der Waals surface area contributed by atoms with Gasteiger partial charge in [0.2, 0.25) is 5.91 Å². The van der Waals surface area contributed by atoms with Gasteiger partial charge in [-0.2, -0.15) is 0 Å². The van der Waals surface area contributed by atoms with E-state index in [-0.39, 0.29) is 11.7 Å². The van der Waals surface area contributed by atoms with Gasteiger partial charge in [-0.3, -0.25) is 14.6 Å². The Kier molecular flexibility index (Phi) is 5.53. The van der Waals surface area contributed by atoms with Gasteiger partial charge in [0.05, 0.1) is 13.0 Å². The standard InChI is InChI=1S/C25H26N2O3/c1-15-9-4-6-11-18(15)27-25(29)22-16(2)26-19-12-8-13-20(28)24(19)23(22)17-10-5-7-14-21(17)30-3/h4-7,9-11,14,22-23H,8,12-13H2,1-3H3,(H,27,29)/t22?,23-/m1/s1. The summed E-state index contributed by atoms with van der Waals surface area (Å²) in [5.74, 6) is -0.397. The third-order valence-corrected chi connectivity index (χ3v) is 5.99. The molecule has 0 saturated heterocycles. The van der Waals surface area contributed by atoms with Crippen LogP contribution in [0.5, 0.6) is 5.75 Å². The highest BCUT2D eigenvalue weighted by Crippen LogP contribution is 2.46. The van der Waals surface area contributed by atoms with Crippen LogP contribution in [-0.2, 0) is 9.59 Å². The van der Waals surface area contributed by atoms with Crippen LogP contribution in [0.3, 0.4) is 0 Å². The molecule has 0 radical (unpaired) electrons. The highest BCUT2D eigenvalue weighted by Gasteiger charge is 2.43. The maximum Gasteiger partial charge on any atom is 0.234 e. The Balaban J connectivity index is 1.82. The number of hydrogen-bond acceptors (Lipinski definition) is 4. The average Bonchev–Trinajstić information content (AvgIpc) is 2.74. The lowest BCUT2D eigenvalue weighted by Gasteiger charge is -2.35. The third kappa shape index (κ3) is 3.56. The number of anilines is 1. The summed E-state index contributed by atoms with van der Waals surface area (Å²) in [5.41, 5.74) is 4.82. The van der Waals surface area contributed by atoms with E-state index in [9.17, 15) is 9.59 Å². The minimum Gasteiger partial charge on any atom is -0.496 e. The Morgan fingerprint density at radius 3 is 2.57 bits per heavy atom. The van der Waals surface area contributed by atoms with Crippen molar-refractivity contribution in [1.82, 2.24) is 0 Å². The lowest BCUT2D eigenvalue weighted by Crippen LogP contribution is -2.39. The molecular weight excluding hydrogens is 376 g/mol. The van der Waals surface area contributed by atoms with Crippen LogP contribution in [0.4, 0.5) is 5.69 Å². The molecule has 30 heavy (non-hydrogen) atoms. The van der Waals surface area contributed by atoms with Gasteiger partial charge in [0, 0.05) is 40.6 Å². The molecule has 154 valence electrons. The SMILES string of the molecule is COc1ccccc1[C@H]1C2=C(CCCC2=O)N=C(C)C1C(=O)Nc1ccccc1C. The molecule has 2 aliphatic rings. The van der Waals surface area contributed by atoms with Crippen molar-refractivity contribution in [3.05, 3.63) is 70.9 Å². The molecule has 0 bridgehead atoms. The van der Waals surface area contributed by atoms with Crippen molar-refractivity contribution in [2.24, 2.45) is 10.9 Å². The number of para-hydroxylation sites is 2. The van der Waals surface area contributed by atoms with Crippen LogP contribution >= 0.6 is 0 Å². The van der Waals surface area contributed by atoms with Gasteiger partial charge in [-0.25, -0.2) is 0 Å². The summed E-state index contributed by atoms with van der Waals surface area (Å²) in [7, 11) is 1.61. The summed E-state index contributed by atoms with van der Waals surface area (Å²) in [4.78, 5) is 31.3. The smallest absolute Gasteiger partial charge is 0.234 e. The average molecular weight is 402 g/mol. The zero-order chi connectivity index (χ0) is 21.3. The number of benzene rings is 2. The number of nitrogens with one attached hydrogen (secondary N) is 1. The second-order valence-electron chi connectivity index (χ2n) is 7.89. The van der Waals surface area contributed by atoms with Crippen LogP contribution in [0.2, 0.25) is 0 Å². The van der Waals surface area contributed by atoms with E-state index in [0.717, 1.165) is 41.1 Å². The number of rotatable bonds is 4. The van der Waals surface area contributed by atoms with Crippen molar-refractivity contribution in [1.29, 1.82) is 0 Å². The number of methoxy groups -OCH3 is 1. The minimum atomic E-state index is -0.582. The number of aliphatic imine (C=N–C) groups is 1. The lowest BCUT2D eigenvalue weighted by atomic mass is 9.71. The molecule has 5 nitrogen and oxygen atoms in total. The van der Waals surface area contributed by atoms with Crippen molar-refractivity contribution in [3.63, 3.8) is 0 Å². The minimum absolute atomic E-state index is 0.0806. The predicted octanol–water partition coefficient (Wildman–Crippen LogP) is 4.82. The molecule has 0 fully saturated rings. The van der Waals surface area contributed by atoms with Crippen LogP contribution in [0.1, 0.15) is 43.2 Å². The second kappa shape index (κ2) is 8.27. The normalized spacial score (nSPS) is 21.0. The highest BCUT2D eigenvalue weighted by molar-refractivity contribution is 6.13. The number of allylic oxidation sites excluding steroid dienone is 2. The van der Waals surface area contributed by atoms with Crippen molar-refractivity contribution in [3.8, 4) is 5.75 Å². The molecule has 1 N–H and O–H groups in total. The summed E-state index contributed by atoms with van der Waals surface area (Å²) in [6.45, 7) is 3.84. The number of Topliss-reactive ketones (excluding diaryl/α,β-unsaturated/α-hetero) is 1. The van der Waals surface area contributed by atoms with Gasteiger partial charge >= 0.3 is 0 Å². The Hall–Kier alpha value is -3.21. The molecule has 2 aromatic rings. The van der Waals surface area contributed by atoms with Gasteiger partial charge in [-0.05, 0) is 44.4 Å². The molecule has 0 saturated carbocycles. The summed E-state index contributed by atoms with van der Waals surface area (Å²) in [6, 6.07) is 15.3.